The minimum atomic E-state index is -4.87. The average Bonchev–Trinajstić information content (AvgIpc) is 3.27. The molecule has 1 aliphatic heterocycles. The largest absolute Gasteiger partial charge is 0.463 e. The van der Waals surface area contributed by atoms with Gasteiger partial charge in [-0.3, -0.25) is 9.48 Å². The molecule has 0 spiro atoms. The number of nitrogens with zero attached hydrogens (tertiary/aromatic N) is 3. The van der Waals surface area contributed by atoms with Crippen molar-refractivity contribution in [3.8, 4) is 6.07 Å². The summed E-state index contributed by atoms with van der Waals surface area (Å²) in [5.41, 5.74) is -4.14. The van der Waals surface area contributed by atoms with Gasteiger partial charge in [-0.15, -0.1) is 0 Å². The first-order chi connectivity index (χ1) is 18.8. The Bertz CT molecular complexity index is 1460. The van der Waals surface area contributed by atoms with Crippen molar-refractivity contribution in [3.63, 3.8) is 0 Å². The maximum atomic E-state index is 13.2. The maximum absolute atomic E-state index is 13.2. The van der Waals surface area contributed by atoms with Crippen LogP contribution < -0.4 is 10.9 Å². The van der Waals surface area contributed by atoms with Crippen molar-refractivity contribution in [1.29, 1.82) is 5.26 Å². The predicted molar refractivity (Wildman–Crippen MR) is 139 cm³/mol. The first-order valence-electron chi connectivity index (χ1n) is 12.7. The smallest absolute Gasteiger partial charge is 0.421 e. The second-order valence-electron chi connectivity index (χ2n) is 10.5. The van der Waals surface area contributed by atoms with Crippen LogP contribution in [0.4, 0.5) is 24.7 Å². The van der Waals surface area contributed by atoms with Gasteiger partial charge in [0, 0.05) is 11.9 Å². The number of hydrogen-bond acceptors (Lipinski definition) is 8. The highest BCUT2D eigenvalue weighted by Gasteiger charge is 2.51. The van der Waals surface area contributed by atoms with Gasteiger partial charge in [0.15, 0.2) is 17.5 Å². The van der Waals surface area contributed by atoms with Gasteiger partial charge in [0.05, 0.1) is 36.8 Å². The van der Waals surface area contributed by atoms with E-state index in [9.17, 15) is 33.1 Å². The zero-order valence-electron chi connectivity index (χ0n) is 22.2. The molecule has 1 aromatic carbocycles. The Hall–Kier alpha value is -3.89. The summed E-state index contributed by atoms with van der Waals surface area (Å²) >= 11 is 0. The average molecular weight is 562 g/mol. The first kappa shape index (κ1) is 29.1. The lowest BCUT2D eigenvalue weighted by Gasteiger charge is -2.38. The van der Waals surface area contributed by atoms with Crippen LogP contribution in [0.5, 0.6) is 0 Å². The van der Waals surface area contributed by atoms with Crippen LogP contribution >= 0.6 is 0 Å². The number of ether oxygens (including phenoxy) is 2. The number of anilines is 2. The fraction of sp³-hybridized carbons (Fsp3) is 0.481. The van der Waals surface area contributed by atoms with Crippen molar-refractivity contribution in [3.05, 3.63) is 52.4 Å². The zero-order valence-corrected chi connectivity index (χ0v) is 22.2. The van der Waals surface area contributed by atoms with Gasteiger partial charge in [-0.05, 0) is 49.4 Å². The fourth-order valence-corrected chi connectivity index (χ4v) is 4.57. The van der Waals surface area contributed by atoms with Crippen LogP contribution in [0.15, 0.2) is 41.3 Å². The molecule has 214 valence electrons. The summed E-state index contributed by atoms with van der Waals surface area (Å²) in [6, 6.07) is 8.70. The van der Waals surface area contributed by atoms with Crippen LogP contribution in [-0.4, -0.2) is 51.3 Å². The summed E-state index contributed by atoms with van der Waals surface area (Å²) in [6.07, 6.45) is -3.63. The standard InChI is InChI=1S/C27H30F3N5O5/c1-16(2)14-39-24(37)20-8-10-26(11-12-31,15-40-20)35-19-9-13-32-23(36)21(19)22(34-35)33-18-6-4-17(5-7-18)25(3,38)27(28,29)30/h4-7,9,13,16,20,38H,8,10-11,14-15H2,1-3H3,(H,32,36)(H,33,34)/t20-,25?,26-/m0/s1. The van der Waals surface area contributed by atoms with E-state index in [1.54, 1.807) is 10.7 Å². The van der Waals surface area contributed by atoms with E-state index < -0.39 is 34.9 Å². The summed E-state index contributed by atoms with van der Waals surface area (Å²) in [6.45, 7) is 4.73. The number of fused-ring (bicyclic) bond motifs is 1. The highest BCUT2D eigenvalue weighted by Crippen LogP contribution is 2.40. The Morgan fingerprint density at radius 3 is 2.62 bits per heavy atom. The van der Waals surface area contributed by atoms with E-state index in [2.05, 4.69) is 21.5 Å². The summed E-state index contributed by atoms with van der Waals surface area (Å²) in [5, 5.41) is 27.3. The van der Waals surface area contributed by atoms with Crippen molar-refractivity contribution in [2.24, 2.45) is 5.92 Å². The third kappa shape index (κ3) is 5.55. The molecule has 0 saturated carbocycles. The van der Waals surface area contributed by atoms with Gasteiger partial charge < -0.3 is 24.9 Å². The molecule has 2 aromatic heterocycles. The SMILES string of the molecule is CC(C)COC(=O)[C@@H]1CC[C@@](CC#N)(n2nc(Nc3ccc(C(C)(O)C(F)(F)F)cc3)c3c(=O)[nH]ccc32)CO1. The van der Waals surface area contributed by atoms with Gasteiger partial charge in [0.2, 0.25) is 0 Å². The number of aliphatic hydroxyl groups is 1. The van der Waals surface area contributed by atoms with Crippen molar-refractivity contribution in [2.75, 3.05) is 18.5 Å². The van der Waals surface area contributed by atoms with E-state index in [1.165, 1.54) is 18.3 Å². The molecule has 3 aromatic rings. The number of carbonyl (C=O) groups is 1. The number of esters is 1. The minimum Gasteiger partial charge on any atom is -0.463 e. The van der Waals surface area contributed by atoms with E-state index in [-0.39, 0.29) is 48.7 Å². The fourth-order valence-electron chi connectivity index (χ4n) is 4.57. The second-order valence-corrected chi connectivity index (χ2v) is 10.5. The molecule has 3 N–H and O–H groups in total. The molecule has 0 bridgehead atoms. The number of benzene rings is 1. The number of pyridine rings is 1. The van der Waals surface area contributed by atoms with Crippen LogP contribution in [-0.2, 0) is 25.4 Å². The summed E-state index contributed by atoms with van der Waals surface area (Å²) in [7, 11) is 0. The third-order valence-corrected chi connectivity index (χ3v) is 6.97. The molecule has 0 amide bonds. The predicted octanol–water partition coefficient (Wildman–Crippen LogP) is 4.23. The lowest BCUT2D eigenvalue weighted by Crippen LogP contribution is -2.47. The lowest BCUT2D eigenvalue weighted by molar-refractivity contribution is -0.258. The van der Waals surface area contributed by atoms with Crippen molar-refractivity contribution >= 4 is 28.4 Å². The molecule has 3 atom stereocenters. The number of H-pyrrole nitrogens is 1. The number of aromatic amines is 1. The number of hydrogen-bond donors (Lipinski definition) is 3. The Labute approximate surface area is 227 Å². The van der Waals surface area contributed by atoms with Gasteiger partial charge in [0.25, 0.3) is 5.56 Å². The number of nitrogens with one attached hydrogen (secondary N) is 2. The van der Waals surface area contributed by atoms with E-state index in [4.69, 9.17) is 9.47 Å². The number of carbonyl (C=O) groups excluding carboxylic acids is 1. The molecule has 0 aliphatic carbocycles. The second kappa shape index (κ2) is 10.9. The normalized spacial score (nSPS) is 21.1. The molecule has 13 heteroatoms. The van der Waals surface area contributed by atoms with Gasteiger partial charge in [-0.25, -0.2) is 4.79 Å². The molecule has 0 radical (unpaired) electrons. The number of halogens is 3. The number of nitriles is 1. The summed E-state index contributed by atoms with van der Waals surface area (Å²) in [4.78, 5) is 27.9. The molecule has 10 nitrogen and oxygen atoms in total. The van der Waals surface area contributed by atoms with E-state index in [0.29, 0.717) is 24.5 Å². The quantitative estimate of drug-likeness (QED) is 0.347. The van der Waals surface area contributed by atoms with Gasteiger partial charge in [-0.2, -0.15) is 23.5 Å². The first-order valence-corrected chi connectivity index (χ1v) is 12.7. The zero-order chi connectivity index (χ0) is 29.3. The van der Waals surface area contributed by atoms with Crippen LogP contribution in [0, 0.1) is 17.2 Å². The molecule has 4 rings (SSSR count). The Balaban J connectivity index is 1.66. The third-order valence-electron chi connectivity index (χ3n) is 6.97. The van der Waals surface area contributed by atoms with Crippen LogP contribution in [0.3, 0.4) is 0 Å². The van der Waals surface area contributed by atoms with E-state index in [0.717, 1.165) is 12.1 Å². The number of aromatic nitrogens is 3. The molecular formula is C27H30F3N5O5. The Morgan fingerprint density at radius 2 is 2.05 bits per heavy atom. The lowest BCUT2D eigenvalue weighted by atomic mass is 9.87. The molecule has 1 unspecified atom stereocenters. The highest BCUT2D eigenvalue weighted by molar-refractivity contribution is 5.91. The van der Waals surface area contributed by atoms with Crippen molar-refractivity contribution < 1.29 is 32.5 Å². The molecule has 1 saturated heterocycles. The molecule has 1 aliphatic rings. The van der Waals surface area contributed by atoms with Gasteiger partial charge >= 0.3 is 12.1 Å². The Morgan fingerprint density at radius 1 is 1.35 bits per heavy atom. The number of alkyl halides is 3. The number of rotatable bonds is 8. The molecule has 3 heterocycles. The van der Waals surface area contributed by atoms with Crippen molar-refractivity contribution in [2.45, 2.75) is 63.5 Å². The Kier molecular flexibility index (Phi) is 7.96. The van der Waals surface area contributed by atoms with Crippen LogP contribution in [0.25, 0.3) is 10.9 Å². The minimum absolute atomic E-state index is 0.0228. The van der Waals surface area contributed by atoms with Crippen molar-refractivity contribution in [1.82, 2.24) is 14.8 Å². The van der Waals surface area contributed by atoms with Gasteiger partial charge in [0.1, 0.15) is 5.39 Å². The van der Waals surface area contributed by atoms with Gasteiger partial charge in [-0.1, -0.05) is 26.0 Å². The topological polar surface area (TPSA) is 142 Å². The molecule has 40 heavy (non-hydrogen) atoms. The highest BCUT2D eigenvalue weighted by atomic mass is 19.4. The summed E-state index contributed by atoms with van der Waals surface area (Å²) in [5.74, 6) is -0.196. The maximum Gasteiger partial charge on any atom is 0.421 e. The van der Waals surface area contributed by atoms with Crippen LogP contribution in [0.2, 0.25) is 0 Å². The molecule has 1 fully saturated rings. The molecular weight excluding hydrogens is 531 g/mol. The summed E-state index contributed by atoms with van der Waals surface area (Å²) < 4.78 is 52.4. The van der Waals surface area contributed by atoms with Crippen LogP contribution in [0.1, 0.15) is 45.6 Å². The van der Waals surface area contributed by atoms with E-state index in [1.807, 2.05) is 13.8 Å². The van der Waals surface area contributed by atoms with E-state index >= 15 is 0 Å². The monoisotopic (exact) mass is 561 g/mol.